The minimum Gasteiger partial charge on any atom is -0.497 e. The van der Waals surface area contributed by atoms with Crippen molar-refractivity contribution in [1.82, 2.24) is 15.5 Å². The van der Waals surface area contributed by atoms with Crippen molar-refractivity contribution in [2.24, 2.45) is 5.92 Å². The van der Waals surface area contributed by atoms with Gasteiger partial charge in [0.05, 0.1) is 7.11 Å². The van der Waals surface area contributed by atoms with Crippen LogP contribution in [0.15, 0.2) is 42.5 Å². The molecule has 1 aromatic heterocycles. The Labute approximate surface area is 200 Å². The molecule has 1 aliphatic rings. The van der Waals surface area contributed by atoms with Crippen LogP contribution in [-0.4, -0.2) is 42.1 Å². The van der Waals surface area contributed by atoms with Gasteiger partial charge in [0.15, 0.2) is 11.5 Å². The maximum atomic E-state index is 13.0. The molecule has 3 amide bonds. The second-order valence-electron chi connectivity index (χ2n) is 7.66. The van der Waals surface area contributed by atoms with Crippen molar-refractivity contribution in [1.29, 1.82) is 0 Å². The van der Waals surface area contributed by atoms with Gasteiger partial charge in [-0.3, -0.25) is 10.1 Å². The van der Waals surface area contributed by atoms with E-state index in [1.165, 1.54) is 11.3 Å². The Morgan fingerprint density at radius 3 is 2.74 bits per heavy atom. The number of hydrogen-bond donors (Lipinski definition) is 3. The smallest absolute Gasteiger partial charge is 0.319 e. The highest BCUT2D eigenvalue weighted by Gasteiger charge is 2.27. The van der Waals surface area contributed by atoms with Crippen LogP contribution in [0.2, 0.25) is 0 Å². The predicted molar refractivity (Wildman–Crippen MR) is 128 cm³/mol. The first kappa shape index (κ1) is 23.3. The molecule has 2 aromatic carbocycles. The van der Waals surface area contributed by atoms with E-state index >= 15 is 0 Å². The van der Waals surface area contributed by atoms with Crippen molar-refractivity contribution in [3.05, 3.63) is 42.5 Å². The fraction of sp³-hybridized carbons (Fsp3) is 0.304. The fourth-order valence-corrected chi connectivity index (χ4v) is 4.06. The summed E-state index contributed by atoms with van der Waals surface area (Å²) in [4.78, 5) is 25.6. The monoisotopic (exact) mass is 483 g/mol. The van der Waals surface area contributed by atoms with Gasteiger partial charge in [-0.05, 0) is 36.2 Å². The molecule has 34 heavy (non-hydrogen) atoms. The molecular formula is C23H25N5O5S. The van der Waals surface area contributed by atoms with Crippen molar-refractivity contribution >= 4 is 34.1 Å². The molecule has 3 N–H and O–H groups in total. The van der Waals surface area contributed by atoms with Crippen LogP contribution in [0, 0.1) is 5.92 Å². The Bertz CT molecular complexity index is 1180. The van der Waals surface area contributed by atoms with E-state index in [1.54, 1.807) is 37.4 Å². The number of nitrogens with one attached hydrogen (secondary N) is 3. The lowest BCUT2D eigenvalue weighted by Crippen LogP contribution is -2.49. The number of amides is 3. The Balaban J connectivity index is 1.42. The third kappa shape index (κ3) is 5.37. The fourth-order valence-electron chi connectivity index (χ4n) is 3.31. The average molecular weight is 484 g/mol. The number of ether oxygens (including phenoxy) is 3. The molecule has 0 spiro atoms. The predicted octanol–water partition coefficient (Wildman–Crippen LogP) is 4.12. The number of hydrogen-bond acceptors (Lipinski definition) is 8. The Kier molecular flexibility index (Phi) is 7.12. The van der Waals surface area contributed by atoms with Crippen LogP contribution in [0.1, 0.15) is 20.3 Å². The number of aromatic nitrogens is 2. The summed E-state index contributed by atoms with van der Waals surface area (Å²) in [6.07, 6.45) is 0.691. The van der Waals surface area contributed by atoms with Crippen LogP contribution < -0.4 is 30.2 Å². The summed E-state index contributed by atoms with van der Waals surface area (Å²) in [5.41, 5.74) is 1.36. The Morgan fingerprint density at radius 1 is 1.12 bits per heavy atom. The first-order valence-corrected chi connectivity index (χ1v) is 11.5. The van der Waals surface area contributed by atoms with E-state index in [0.29, 0.717) is 39.5 Å². The number of carbonyl (C=O) groups excluding carboxylic acids is 2. The van der Waals surface area contributed by atoms with Crippen LogP contribution in [0.3, 0.4) is 0 Å². The molecule has 11 heteroatoms. The zero-order chi connectivity index (χ0) is 24.1. The van der Waals surface area contributed by atoms with Crippen molar-refractivity contribution in [2.75, 3.05) is 24.5 Å². The van der Waals surface area contributed by atoms with E-state index in [2.05, 4.69) is 26.1 Å². The number of anilines is 2. The molecule has 178 valence electrons. The molecule has 4 rings (SSSR count). The van der Waals surface area contributed by atoms with Crippen molar-refractivity contribution in [3.8, 4) is 27.8 Å². The molecule has 0 saturated heterocycles. The van der Waals surface area contributed by atoms with Crippen LogP contribution in [0.25, 0.3) is 10.6 Å². The Hall–Kier alpha value is -3.86. The number of rotatable bonds is 8. The van der Waals surface area contributed by atoms with E-state index in [4.69, 9.17) is 14.2 Å². The molecule has 0 unspecified atom stereocenters. The lowest BCUT2D eigenvalue weighted by atomic mass is 9.98. The van der Waals surface area contributed by atoms with Crippen LogP contribution >= 0.6 is 11.3 Å². The second kappa shape index (κ2) is 10.4. The van der Waals surface area contributed by atoms with Crippen molar-refractivity contribution < 1.29 is 23.8 Å². The highest BCUT2D eigenvalue weighted by molar-refractivity contribution is 7.18. The molecule has 0 bridgehead atoms. The third-order valence-electron chi connectivity index (χ3n) is 5.38. The molecule has 2 atom stereocenters. The van der Waals surface area contributed by atoms with E-state index in [9.17, 15) is 9.59 Å². The topological polar surface area (TPSA) is 124 Å². The van der Waals surface area contributed by atoms with E-state index < -0.39 is 12.1 Å². The number of benzene rings is 2. The summed E-state index contributed by atoms with van der Waals surface area (Å²) < 4.78 is 15.9. The van der Waals surface area contributed by atoms with Gasteiger partial charge in [0.25, 0.3) is 0 Å². The third-order valence-corrected chi connectivity index (χ3v) is 6.27. The van der Waals surface area contributed by atoms with Crippen molar-refractivity contribution in [2.45, 2.75) is 26.3 Å². The lowest BCUT2D eigenvalue weighted by molar-refractivity contribution is -0.119. The minimum absolute atomic E-state index is 0.114. The van der Waals surface area contributed by atoms with Gasteiger partial charge in [-0.2, -0.15) is 0 Å². The van der Waals surface area contributed by atoms with Crippen LogP contribution in [0.4, 0.5) is 15.6 Å². The summed E-state index contributed by atoms with van der Waals surface area (Å²) in [5, 5.41) is 17.5. The van der Waals surface area contributed by atoms with Gasteiger partial charge in [-0.25, -0.2) is 4.79 Å². The number of methoxy groups -OCH3 is 1. The van der Waals surface area contributed by atoms with Gasteiger partial charge in [0, 0.05) is 17.3 Å². The first-order chi connectivity index (χ1) is 16.5. The normalized spacial score (nSPS) is 13.6. The van der Waals surface area contributed by atoms with E-state index in [-0.39, 0.29) is 18.6 Å². The molecule has 3 aromatic rings. The maximum absolute atomic E-state index is 13.0. The minimum atomic E-state index is -0.770. The van der Waals surface area contributed by atoms with Crippen LogP contribution in [-0.2, 0) is 4.79 Å². The van der Waals surface area contributed by atoms with Gasteiger partial charge in [0.2, 0.25) is 17.8 Å². The summed E-state index contributed by atoms with van der Waals surface area (Å²) in [7, 11) is 1.55. The largest absolute Gasteiger partial charge is 0.497 e. The summed E-state index contributed by atoms with van der Waals surface area (Å²) >= 11 is 1.23. The summed E-state index contributed by atoms with van der Waals surface area (Å²) in [5.74, 6) is 1.45. The first-order valence-electron chi connectivity index (χ1n) is 10.7. The van der Waals surface area contributed by atoms with Gasteiger partial charge < -0.3 is 24.8 Å². The Morgan fingerprint density at radius 2 is 1.94 bits per heavy atom. The second-order valence-corrected chi connectivity index (χ2v) is 8.64. The zero-order valence-corrected chi connectivity index (χ0v) is 19.8. The highest BCUT2D eigenvalue weighted by atomic mass is 32.1. The lowest BCUT2D eigenvalue weighted by Gasteiger charge is -2.23. The van der Waals surface area contributed by atoms with Gasteiger partial charge >= 0.3 is 6.03 Å². The molecule has 0 radical (unpaired) electrons. The molecule has 0 saturated carbocycles. The standard InChI is InChI=1S/C23H25N5O5S/c1-4-13(2)19(25-22(30)24-15-6-5-7-16(11-15)31-3)20(29)26-23-28-27-21(34-23)14-8-9-17-18(10-14)33-12-32-17/h5-11,13,19H,4,12H2,1-3H3,(H2,24,25,30)(H,26,28,29)/t13-,19+/m0/s1. The number of nitrogens with zero attached hydrogens (tertiary/aromatic N) is 2. The quantitative estimate of drug-likeness (QED) is 0.440. The molecule has 0 aliphatic carbocycles. The average Bonchev–Trinajstić information content (AvgIpc) is 3.51. The summed E-state index contributed by atoms with van der Waals surface area (Å²) in [6.45, 7) is 4.04. The maximum Gasteiger partial charge on any atom is 0.319 e. The number of carbonyl (C=O) groups is 2. The van der Waals surface area contributed by atoms with Crippen molar-refractivity contribution in [3.63, 3.8) is 0 Å². The molecule has 0 fully saturated rings. The zero-order valence-electron chi connectivity index (χ0n) is 19.0. The molecule has 2 heterocycles. The summed E-state index contributed by atoms with van der Waals surface area (Å²) in [6, 6.07) is 11.2. The van der Waals surface area contributed by atoms with E-state index in [1.807, 2.05) is 26.0 Å². The molecule has 1 aliphatic heterocycles. The van der Waals surface area contributed by atoms with Gasteiger partial charge in [-0.15, -0.1) is 10.2 Å². The van der Waals surface area contributed by atoms with E-state index in [0.717, 1.165) is 5.56 Å². The number of urea groups is 1. The SMILES string of the molecule is CC[C@H](C)[C@@H](NC(=O)Nc1cccc(OC)c1)C(=O)Nc1nnc(-c2ccc3c(c2)OCO3)s1. The number of fused-ring (bicyclic) bond motifs is 1. The molecule has 10 nitrogen and oxygen atoms in total. The van der Waals surface area contributed by atoms with Crippen LogP contribution in [0.5, 0.6) is 17.2 Å². The highest BCUT2D eigenvalue weighted by Crippen LogP contribution is 2.37. The van der Waals surface area contributed by atoms with Gasteiger partial charge in [0.1, 0.15) is 16.8 Å². The molecular weight excluding hydrogens is 458 g/mol. The van der Waals surface area contributed by atoms with Gasteiger partial charge in [-0.1, -0.05) is 37.7 Å².